The van der Waals surface area contributed by atoms with Crippen LogP contribution in [-0.4, -0.2) is 115 Å². The minimum Gasteiger partial charge on any atom is -0.550 e. The number of carbonyl (C=O) groups is 4. The number of aliphatic hydroxyl groups excluding tert-OH is 4. The third-order valence-corrected chi connectivity index (χ3v) is 13.9. The Hall–Kier alpha value is -7.42. The molecule has 6 N–H and O–H groups in total. The van der Waals surface area contributed by atoms with Crippen molar-refractivity contribution >= 4 is 72.9 Å². The maximum absolute atomic E-state index is 14.0. The number of aliphatic hydroxyl groups is 4. The fraction of sp³-hybridized carbons (Fsp3) is 0.273. The number of amides is 2. The first kappa shape index (κ1) is 66.7. The Kier molecular flexibility index (Phi) is 24.4. The molecule has 0 aliphatic carbocycles. The normalized spacial score (nSPS) is 12.6. The van der Waals surface area contributed by atoms with Crippen LogP contribution in [0.15, 0.2) is 158 Å². The second-order valence-corrected chi connectivity index (χ2v) is 21.1. The number of hydrogen-bond acceptors (Lipinski definition) is 10. The Balaban J connectivity index is 0.000000269. The Morgan fingerprint density at radius 2 is 0.788 bits per heavy atom. The summed E-state index contributed by atoms with van der Waals surface area (Å²) in [7, 11) is 0. The second-order valence-electron chi connectivity index (χ2n) is 21.1. The number of rotatable bonds is 24. The number of anilines is 2. The van der Waals surface area contributed by atoms with Crippen molar-refractivity contribution in [3.63, 3.8) is 0 Å². The van der Waals surface area contributed by atoms with E-state index in [0.717, 1.165) is 11.1 Å². The molecule has 2 amide bonds. The number of carboxylic acid groups (broad SMARTS) is 2. The fourth-order valence-corrected chi connectivity index (χ4v) is 10.5. The summed E-state index contributed by atoms with van der Waals surface area (Å²) < 4.78 is 59.8. The monoisotopic (exact) mass is 1190 g/mol. The van der Waals surface area contributed by atoms with Gasteiger partial charge in [-0.05, 0) is 145 Å². The molecule has 0 saturated heterocycles. The number of aromatic nitrogens is 2. The molecule has 0 aliphatic heterocycles. The zero-order chi connectivity index (χ0) is 60.8. The number of aliphatic carboxylic acids is 2. The number of carboxylic acids is 2. The summed E-state index contributed by atoms with van der Waals surface area (Å²) in [5, 5.41) is 68.8. The van der Waals surface area contributed by atoms with Crippen LogP contribution >= 0.6 is 0 Å². The van der Waals surface area contributed by atoms with E-state index < -0.39 is 84.3 Å². The molecule has 14 nitrogen and oxygen atoms in total. The van der Waals surface area contributed by atoms with Crippen LogP contribution in [0, 0.1) is 23.3 Å². The number of benzene rings is 6. The molecule has 8 aromatic rings. The Morgan fingerprint density at radius 1 is 0.447 bits per heavy atom. The topological polar surface area (TPSA) is 229 Å². The van der Waals surface area contributed by atoms with Crippen molar-refractivity contribution in [3.05, 3.63) is 204 Å². The molecule has 0 fully saturated rings. The van der Waals surface area contributed by atoms with Crippen LogP contribution in [0.3, 0.4) is 0 Å². The number of carbonyl (C=O) groups excluding carboxylic acids is 4. The van der Waals surface area contributed by atoms with E-state index >= 15 is 0 Å². The standard InChI is InChI=1S/2C33H34F2N2O5.Ca/c2*1-20(2)31-30(33(42)36-25-10-6-9-24(35)17-25)29(21-7-4-3-5-8-21)32(22-11-13-23(34)14-12-22)37(31)16-15-26(38)18-27(39)19-28(40)41;/h2*3-14,17,20,26-27,38-39H,15-16,18-19H2,1-2H3,(H,36,42)(H,40,41);/q;;+2/p-2/t2*26-,27-;/m11./s1. The average molecular weight is 1190 g/mol. The fourth-order valence-electron chi connectivity index (χ4n) is 10.5. The maximum Gasteiger partial charge on any atom is 2.00 e. The van der Waals surface area contributed by atoms with Crippen LogP contribution in [0.25, 0.3) is 44.8 Å². The summed E-state index contributed by atoms with van der Waals surface area (Å²) in [6.07, 6.45) is -5.92. The van der Waals surface area contributed by atoms with Gasteiger partial charge in [-0.25, -0.2) is 17.6 Å². The van der Waals surface area contributed by atoms with Gasteiger partial charge in [-0.1, -0.05) is 100 Å². The van der Waals surface area contributed by atoms with E-state index in [0.29, 0.717) is 56.2 Å². The third-order valence-electron chi connectivity index (χ3n) is 13.9. The van der Waals surface area contributed by atoms with Gasteiger partial charge in [-0.2, -0.15) is 0 Å². The molecular weight excluding hydrogens is 1120 g/mol. The van der Waals surface area contributed by atoms with Crippen LogP contribution in [0.1, 0.15) is 110 Å². The molecule has 8 rings (SSSR count). The quantitative estimate of drug-likeness (QED) is 0.0248. The van der Waals surface area contributed by atoms with Gasteiger partial charge >= 0.3 is 37.7 Å². The first-order valence-corrected chi connectivity index (χ1v) is 27.5. The molecular formula is C66H66CaF4N4O10. The van der Waals surface area contributed by atoms with Gasteiger partial charge in [-0.15, -0.1) is 0 Å². The summed E-state index contributed by atoms with van der Waals surface area (Å²) in [4.78, 5) is 49.8. The molecule has 2 heterocycles. The van der Waals surface area contributed by atoms with Crippen LogP contribution in [-0.2, 0) is 22.7 Å². The average Bonchev–Trinajstić information content (AvgIpc) is 1.86. The van der Waals surface area contributed by atoms with Gasteiger partial charge in [0.05, 0.1) is 46.9 Å². The molecule has 0 radical (unpaired) electrons. The summed E-state index contributed by atoms with van der Waals surface area (Å²) >= 11 is 0. The molecule has 0 bridgehead atoms. The van der Waals surface area contributed by atoms with Crippen molar-refractivity contribution in [3.8, 4) is 44.8 Å². The maximum atomic E-state index is 14.0. The van der Waals surface area contributed by atoms with E-state index in [4.69, 9.17) is 0 Å². The van der Waals surface area contributed by atoms with Crippen molar-refractivity contribution in [1.29, 1.82) is 0 Å². The van der Waals surface area contributed by atoms with Crippen LogP contribution in [0.5, 0.6) is 0 Å². The van der Waals surface area contributed by atoms with E-state index in [-0.39, 0.29) is 99.7 Å². The van der Waals surface area contributed by atoms with Gasteiger partial charge in [0, 0.05) is 71.8 Å². The molecule has 2 aromatic heterocycles. The number of hydrogen-bond donors (Lipinski definition) is 6. The van der Waals surface area contributed by atoms with Crippen LogP contribution in [0.2, 0.25) is 0 Å². The molecule has 0 unspecified atom stereocenters. The Bertz CT molecular complexity index is 3310. The van der Waals surface area contributed by atoms with E-state index in [9.17, 15) is 67.4 Å². The smallest absolute Gasteiger partial charge is 0.550 e. The first-order chi connectivity index (χ1) is 40.1. The molecule has 4 atom stereocenters. The van der Waals surface area contributed by atoms with Gasteiger partial charge < -0.3 is 60.0 Å². The third kappa shape index (κ3) is 17.8. The molecule has 0 saturated carbocycles. The van der Waals surface area contributed by atoms with E-state index in [1.807, 2.05) is 97.5 Å². The van der Waals surface area contributed by atoms with Crippen molar-refractivity contribution in [2.75, 3.05) is 10.6 Å². The van der Waals surface area contributed by atoms with Crippen molar-refractivity contribution < 1.29 is 67.4 Å². The number of nitrogens with one attached hydrogen (secondary N) is 2. The minimum atomic E-state index is -1.41. The molecule has 440 valence electrons. The molecule has 0 aliphatic rings. The predicted octanol–water partition coefficient (Wildman–Crippen LogP) is 9.86. The van der Waals surface area contributed by atoms with Gasteiger partial charge in [0.25, 0.3) is 11.8 Å². The molecule has 85 heavy (non-hydrogen) atoms. The summed E-state index contributed by atoms with van der Waals surface area (Å²) in [6.45, 7) is 8.10. The SMILES string of the molecule is CC(C)c1c(C(=O)Nc2cccc(F)c2)c(-c2ccccc2)c(-c2ccc(F)cc2)n1CC[C@@H](O)C[C@@H](O)CC(=O)[O-].CC(C)c1c(C(=O)Nc2cccc(F)c2)c(-c2ccccc2)c(-c2ccc(F)cc2)n1CC[C@@H](O)C[C@@H](O)CC(=O)[O-].[Ca+2]. The largest absolute Gasteiger partial charge is 2.00 e. The minimum absolute atomic E-state index is 0. The predicted molar refractivity (Wildman–Crippen MR) is 315 cm³/mol. The zero-order valence-electron chi connectivity index (χ0n) is 47.5. The Morgan fingerprint density at radius 3 is 1.09 bits per heavy atom. The van der Waals surface area contributed by atoms with E-state index in [2.05, 4.69) is 10.6 Å². The van der Waals surface area contributed by atoms with Crippen LogP contribution < -0.4 is 20.8 Å². The zero-order valence-corrected chi connectivity index (χ0v) is 49.7. The van der Waals surface area contributed by atoms with Crippen LogP contribution in [0.4, 0.5) is 28.9 Å². The first-order valence-electron chi connectivity index (χ1n) is 27.5. The van der Waals surface area contributed by atoms with Gasteiger partial charge in [0.15, 0.2) is 0 Å². The van der Waals surface area contributed by atoms with Crippen molar-refractivity contribution in [1.82, 2.24) is 9.13 Å². The molecule has 19 heteroatoms. The summed E-state index contributed by atoms with van der Waals surface area (Å²) in [6, 6.07) is 41.5. The van der Waals surface area contributed by atoms with E-state index in [1.54, 1.807) is 36.4 Å². The second kappa shape index (κ2) is 31.1. The van der Waals surface area contributed by atoms with E-state index in [1.165, 1.54) is 60.7 Å². The van der Waals surface area contributed by atoms with Crippen molar-refractivity contribution in [2.24, 2.45) is 0 Å². The van der Waals surface area contributed by atoms with Gasteiger partial charge in [0.2, 0.25) is 0 Å². The summed E-state index contributed by atoms with van der Waals surface area (Å²) in [5.74, 6) is -6.01. The summed E-state index contributed by atoms with van der Waals surface area (Å²) in [5.41, 5.74) is 7.70. The number of halogens is 4. The van der Waals surface area contributed by atoms with Gasteiger partial charge in [-0.3, -0.25) is 9.59 Å². The molecule has 0 spiro atoms. The van der Waals surface area contributed by atoms with Gasteiger partial charge in [0.1, 0.15) is 23.3 Å². The van der Waals surface area contributed by atoms with Crippen molar-refractivity contribution in [2.45, 2.75) is 116 Å². The molecule has 6 aromatic carbocycles. The Labute approximate surface area is 520 Å². The number of nitrogens with zero attached hydrogens (tertiary/aromatic N) is 2.